The van der Waals surface area contributed by atoms with Gasteiger partial charge < -0.3 is 5.73 Å². The maximum atomic E-state index is 14.7. The first kappa shape index (κ1) is 21.2. The molecule has 0 spiro atoms. The SMILES string of the molecule is N#Cc1ccc(F)c(C2(S(=O)(=O)c3ccc(C(F)(F)F)nc3)CCC(N)CC2)c1. The van der Waals surface area contributed by atoms with Gasteiger partial charge in [-0.05, 0) is 56.0 Å². The highest BCUT2D eigenvalue weighted by Gasteiger charge is 2.50. The van der Waals surface area contributed by atoms with Gasteiger partial charge in [0, 0.05) is 17.8 Å². The highest BCUT2D eigenvalue weighted by molar-refractivity contribution is 7.92. The van der Waals surface area contributed by atoms with E-state index in [9.17, 15) is 26.0 Å². The summed E-state index contributed by atoms with van der Waals surface area (Å²) >= 11 is 0. The molecule has 0 saturated heterocycles. The second-order valence-corrected chi connectivity index (χ2v) is 9.28. The first-order valence-electron chi connectivity index (χ1n) is 8.75. The molecule has 0 amide bonds. The van der Waals surface area contributed by atoms with E-state index in [-0.39, 0.29) is 42.9 Å². The Morgan fingerprint density at radius 2 is 1.83 bits per heavy atom. The molecular weight excluding hydrogens is 410 g/mol. The molecule has 2 aromatic rings. The number of nitriles is 1. The molecule has 0 unspecified atom stereocenters. The van der Waals surface area contributed by atoms with Crippen LogP contribution in [0.2, 0.25) is 0 Å². The Hall–Kier alpha value is -2.51. The van der Waals surface area contributed by atoms with Crippen LogP contribution in [0.1, 0.15) is 42.5 Å². The number of alkyl halides is 3. The number of hydrogen-bond acceptors (Lipinski definition) is 5. The molecule has 0 bridgehead atoms. The number of sulfone groups is 1. The van der Waals surface area contributed by atoms with Crippen molar-refractivity contribution in [3.8, 4) is 6.07 Å². The van der Waals surface area contributed by atoms with E-state index in [4.69, 9.17) is 11.0 Å². The van der Waals surface area contributed by atoms with Gasteiger partial charge >= 0.3 is 6.18 Å². The number of benzene rings is 1. The Balaban J connectivity index is 2.18. The summed E-state index contributed by atoms with van der Waals surface area (Å²) in [5.41, 5.74) is 4.57. The quantitative estimate of drug-likeness (QED) is 0.754. The molecule has 5 nitrogen and oxygen atoms in total. The third kappa shape index (κ3) is 3.72. The Kier molecular flexibility index (Phi) is 5.40. The Bertz CT molecular complexity index is 1050. The van der Waals surface area contributed by atoms with Crippen LogP contribution < -0.4 is 5.73 Å². The zero-order valence-corrected chi connectivity index (χ0v) is 15.9. The van der Waals surface area contributed by atoms with Gasteiger partial charge in [-0.25, -0.2) is 12.8 Å². The van der Waals surface area contributed by atoms with Gasteiger partial charge in [-0.15, -0.1) is 0 Å². The summed E-state index contributed by atoms with van der Waals surface area (Å²) < 4.78 is 78.4. The van der Waals surface area contributed by atoms with Crippen molar-refractivity contribution in [2.24, 2.45) is 5.73 Å². The molecule has 10 heteroatoms. The molecule has 1 aromatic carbocycles. The summed E-state index contributed by atoms with van der Waals surface area (Å²) in [4.78, 5) is 2.79. The number of halogens is 4. The monoisotopic (exact) mass is 427 g/mol. The molecule has 2 N–H and O–H groups in total. The fourth-order valence-electron chi connectivity index (χ4n) is 3.67. The van der Waals surface area contributed by atoms with E-state index in [1.165, 1.54) is 12.1 Å². The Morgan fingerprint density at radius 1 is 1.17 bits per heavy atom. The minimum Gasteiger partial charge on any atom is -0.328 e. The fourth-order valence-corrected chi connectivity index (χ4v) is 5.77. The van der Waals surface area contributed by atoms with Crippen molar-refractivity contribution in [1.29, 1.82) is 5.26 Å². The molecule has 1 heterocycles. The lowest BCUT2D eigenvalue weighted by atomic mass is 9.80. The predicted octanol–water partition coefficient (Wildman–Crippen LogP) is 3.68. The predicted molar refractivity (Wildman–Crippen MR) is 95.7 cm³/mol. The number of rotatable bonds is 3. The van der Waals surface area contributed by atoms with Crippen LogP contribution >= 0.6 is 0 Å². The Labute approximate surface area is 165 Å². The third-order valence-corrected chi connectivity index (χ3v) is 7.79. The summed E-state index contributed by atoms with van der Waals surface area (Å²) in [6, 6.07) is 6.42. The van der Waals surface area contributed by atoms with Crippen LogP contribution in [0.5, 0.6) is 0 Å². The van der Waals surface area contributed by atoms with Crippen LogP contribution in [0.4, 0.5) is 17.6 Å². The van der Waals surface area contributed by atoms with E-state index in [0.717, 1.165) is 12.1 Å². The molecule has 1 saturated carbocycles. The van der Waals surface area contributed by atoms with E-state index in [0.29, 0.717) is 12.3 Å². The van der Waals surface area contributed by atoms with Gasteiger partial charge in [-0.3, -0.25) is 4.98 Å². The number of pyridine rings is 1. The van der Waals surface area contributed by atoms with E-state index in [2.05, 4.69) is 4.98 Å². The van der Waals surface area contributed by atoms with Crippen molar-refractivity contribution in [2.45, 2.75) is 47.5 Å². The van der Waals surface area contributed by atoms with Crippen LogP contribution in [0.3, 0.4) is 0 Å². The van der Waals surface area contributed by atoms with Crippen LogP contribution in [0.25, 0.3) is 0 Å². The number of aromatic nitrogens is 1. The van der Waals surface area contributed by atoms with Crippen LogP contribution in [-0.2, 0) is 20.8 Å². The molecule has 1 aliphatic rings. The molecule has 154 valence electrons. The lowest BCUT2D eigenvalue weighted by Gasteiger charge is -2.39. The molecule has 1 aromatic heterocycles. The average molecular weight is 427 g/mol. The van der Waals surface area contributed by atoms with Crippen molar-refractivity contribution in [3.05, 3.63) is 59.2 Å². The maximum absolute atomic E-state index is 14.7. The van der Waals surface area contributed by atoms with Crippen molar-refractivity contribution < 1.29 is 26.0 Å². The van der Waals surface area contributed by atoms with Gasteiger partial charge in [0.2, 0.25) is 0 Å². The highest BCUT2D eigenvalue weighted by Crippen LogP contribution is 2.47. The molecular formula is C19H17F4N3O2S. The standard InChI is InChI=1S/C19H17F4N3O2S/c20-16-3-1-12(10-24)9-15(16)18(7-5-13(25)6-8-18)29(27,28)14-2-4-17(26-11-14)19(21,22)23/h1-4,9,11,13H,5-8,25H2. The van der Waals surface area contributed by atoms with Crippen molar-refractivity contribution in [2.75, 3.05) is 0 Å². The number of hydrogen-bond donors (Lipinski definition) is 1. The summed E-state index contributed by atoms with van der Waals surface area (Å²) in [5.74, 6) is -0.803. The van der Waals surface area contributed by atoms with E-state index in [1.54, 1.807) is 0 Å². The topological polar surface area (TPSA) is 96.8 Å². The first-order chi connectivity index (χ1) is 13.5. The molecule has 1 aliphatic carbocycles. The zero-order valence-electron chi connectivity index (χ0n) is 15.1. The van der Waals surface area contributed by atoms with Gasteiger partial charge in [-0.2, -0.15) is 18.4 Å². The maximum Gasteiger partial charge on any atom is 0.433 e. The second kappa shape index (κ2) is 7.39. The van der Waals surface area contributed by atoms with Crippen LogP contribution in [0, 0.1) is 17.1 Å². The van der Waals surface area contributed by atoms with Crippen molar-refractivity contribution >= 4 is 9.84 Å². The molecule has 3 rings (SSSR count). The van der Waals surface area contributed by atoms with Gasteiger partial charge in [0.15, 0.2) is 9.84 Å². The number of nitrogens with two attached hydrogens (primary N) is 1. The molecule has 29 heavy (non-hydrogen) atoms. The second-order valence-electron chi connectivity index (χ2n) is 7.02. The largest absolute Gasteiger partial charge is 0.433 e. The molecule has 0 radical (unpaired) electrons. The lowest BCUT2D eigenvalue weighted by molar-refractivity contribution is -0.141. The average Bonchev–Trinajstić information content (AvgIpc) is 2.68. The normalized spacial score (nSPS) is 22.8. The Morgan fingerprint density at radius 3 is 2.34 bits per heavy atom. The van der Waals surface area contributed by atoms with Crippen molar-refractivity contribution in [3.63, 3.8) is 0 Å². The summed E-state index contributed by atoms with van der Waals surface area (Å²) in [5, 5.41) is 9.15. The highest BCUT2D eigenvalue weighted by atomic mass is 32.2. The third-order valence-electron chi connectivity index (χ3n) is 5.28. The van der Waals surface area contributed by atoms with E-state index in [1.807, 2.05) is 6.07 Å². The fraction of sp³-hybridized carbons (Fsp3) is 0.368. The van der Waals surface area contributed by atoms with Gasteiger partial charge in [0.05, 0.1) is 16.5 Å². The van der Waals surface area contributed by atoms with Gasteiger partial charge in [0.1, 0.15) is 16.3 Å². The van der Waals surface area contributed by atoms with Gasteiger partial charge in [-0.1, -0.05) is 0 Å². The summed E-state index contributed by atoms with van der Waals surface area (Å²) in [6.07, 6.45) is -3.56. The van der Waals surface area contributed by atoms with E-state index < -0.39 is 37.2 Å². The van der Waals surface area contributed by atoms with Crippen molar-refractivity contribution in [1.82, 2.24) is 4.98 Å². The number of nitrogens with zero attached hydrogens (tertiary/aromatic N) is 2. The van der Waals surface area contributed by atoms with Crippen LogP contribution in [-0.4, -0.2) is 19.4 Å². The molecule has 1 fully saturated rings. The minimum atomic E-state index is -4.72. The first-order valence-corrected chi connectivity index (χ1v) is 10.2. The summed E-state index contributed by atoms with van der Waals surface area (Å²) in [7, 11) is -4.34. The smallest absolute Gasteiger partial charge is 0.328 e. The summed E-state index contributed by atoms with van der Waals surface area (Å²) in [6.45, 7) is 0. The minimum absolute atomic E-state index is 0.0245. The van der Waals surface area contributed by atoms with E-state index >= 15 is 0 Å². The lowest BCUT2D eigenvalue weighted by Crippen LogP contribution is -2.43. The van der Waals surface area contributed by atoms with Gasteiger partial charge in [0.25, 0.3) is 0 Å². The molecule has 0 atom stereocenters. The zero-order chi connectivity index (χ0) is 21.4. The van der Waals surface area contributed by atoms with Crippen LogP contribution in [0.15, 0.2) is 41.4 Å². The molecule has 0 aliphatic heterocycles.